The summed E-state index contributed by atoms with van der Waals surface area (Å²) in [6, 6.07) is 16.3. The van der Waals surface area contributed by atoms with Gasteiger partial charge in [0.25, 0.3) is 5.91 Å². The molecule has 1 unspecified atom stereocenters. The zero-order valence-corrected chi connectivity index (χ0v) is 12.5. The number of carbonyl (C=O) groups is 1. The number of nitrogens with zero attached hydrogens (tertiary/aromatic N) is 1. The van der Waals surface area contributed by atoms with Crippen molar-refractivity contribution in [3.05, 3.63) is 71.5 Å². The minimum absolute atomic E-state index is 0.138. The van der Waals surface area contributed by atoms with Crippen molar-refractivity contribution in [3.63, 3.8) is 0 Å². The Morgan fingerprint density at radius 1 is 1.17 bits per heavy atom. The fourth-order valence-electron chi connectivity index (χ4n) is 2.44. The van der Waals surface area contributed by atoms with Crippen LogP contribution in [0.15, 0.2) is 59.8 Å². The zero-order chi connectivity index (χ0) is 16.1. The molecule has 0 fully saturated rings. The molecule has 0 radical (unpaired) electrons. The van der Waals surface area contributed by atoms with Gasteiger partial charge in [-0.25, -0.2) is 4.39 Å². The molecule has 0 aliphatic carbocycles. The lowest BCUT2D eigenvalue weighted by Gasteiger charge is -2.10. The number of nitrogens with one attached hydrogen (secondary N) is 1. The van der Waals surface area contributed by atoms with Crippen molar-refractivity contribution in [3.8, 4) is 0 Å². The minimum atomic E-state index is -0.638. The van der Waals surface area contributed by atoms with E-state index in [1.807, 2.05) is 30.3 Å². The predicted molar refractivity (Wildman–Crippen MR) is 85.3 cm³/mol. The number of hydrogen-bond donors (Lipinski definition) is 1. The van der Waals surface area contributed by atoms with Crippen molar-refractivity contribution in [2.45, 2.75) is 25.5 Å². The van der Waals surface area contributed by atoms with E-state index < -0.39 is 6.10 Å². The highest BCUT2D eigenvalue weighted by Crippen LogP contribution is 2.15. The van der Waals surface area contributed by atoms with E-state index in [2.05, 4.69) is 10.5 Å². The topological polar surface area (TPSA) is 50.7 Å². The van der Waals surface area contributed by atoms with Gasteiger partial charge in [0.05, 0.1) is 5.71 Å². The average Bonchev–Trinajstić information content (AvgIpc) is 3.03. The van der Waals surface area contributed by atoms with E-state index in [0.29, 0.717) is 18.4 Å². The summed E-state index contributed by atoms with van der Waals surface area (Å²) in [6.45, 7) is 0.138. The number of rotatable bonds is 5. The average molecular weight is 312 g/mol. The lowest BCUT2D eigenvalue weighted by atomic mass is 10.0. The van der Waals surface area contributed by atoms with Gasteiger partial charge in [0, 0.05) is 24.9 Å². The molecule has 4 nitrogen and oxygen atoms in total. The van der Waals surface area contributed by atoms with Gasteiger partial charge in [0.2, 0.25) is 6.10 Å². The lowest BCUT2D eigenvalue weighted by Crippen LogP contribution is -2.34. The molecule has 5 heteroatoms. The fraction of sp³-hybridized carbons (Fsp3) is 0.222. The van der Waals surface area contributed by atoms with Crippen molar-refractivity contribution in [2.75, 3.05) is 0 Å². The van der Waals surface area contributed by atoms with E-state index in [-0.39, 0.29) is 18.3 Å². The molecule has 118 valence electrons. The molecule has 0 aromatic heterocycles. The highest BCUT2D eigenvalue weighted by molar-refractivity contribution is 5.93. The number of carbonyl (C=O) groups excluding carboxylic acids is 1. The fourth-order valence-corrected chi connectivity index (χ4v) is 2.44. The first-order valence-corrected chi connectivity index (χ1v) is 7.49. The van der Waals surface area contributed by atoms with Crippen LogP contribution in [0.2, 0.25) is 0 Å². The van der Waals surface area contributed by atoms with Gasteiger partial charge >= 0.3 is 0 Å². The van der Waals surface area contributed by atoms with Crippen LogP contribution in [0.4, 0.5) is 4.39 Å². The first-order chi connectivity index (χ1) is 11.2. The van der Waals surface area contributed by atoms with Crippen LogP contribution < -0.4 is 5.32 Å². The van der Waals surface area contributed by atoms with Gasteiger partial charge in [-0.2, -0.15) is 0 Å². The van der Waals surface area contributed by atoms with Crippen molar-refractivity contribution < 1.29 is 14.0 Å². The summed E-state index contributed by atoms with van der Waals surface area (Å²) in [5, 5.41) is 6.68. The summed E-state index contributed by atoms with van der Waals surface area (Å²) < 4.78 is 13.5. The standard InChI is InChI=1S/C18H17FN2O2/c19-16-9-5-4-8-14(16)12-20-18(22)17-11-15(21-23-17)10-13-6-2-1-3-7-13/h1-9,17H,10-12H2,(H,20,22). The molecule has 0 bridgehead atoms. The van der Waals surface area contributed by atoms with Crippen molar-refractivity contribution in [2.24, 2.45) is 5.16 Å². The van der Waals surface area contributed by atoms with E-state index >= 15 is 0 Å². The van der Waals surface area contributed by atoms with E-state index in [9.17, 15) is 9.18 Å². The van der Waals surface area contributed by atoms with Crippen molar-refractivity contribution >= 4 is 11.6 Å². The largest absolute Gasteiger partial charge is 0.382 e. The molecule has 0 saturated carbocycles. The van der Waals surface area contributed by atoms with E-state index in [1.165, 1.54) is 6.07 Å². The Hall–Kier alpha value is -2.69. The quantitative estimate of drug-likeness (QED) is 0.923. The SMILES string of the molecule is O=C(NCc1ccccc1F)C1CC(Cc2ccccc2)=NO1. The summed E-state index contributed by atoms with van der Waals surface area (Å²) in [6.07, 6.45) is 0.483. The van der Waals surface area contributed by atoms with Crippen LogP contribution in [0.25, 0.3) is 0 Å². The summed E-state index contributed by atoms with van der Waals surface area (Å²) in [5.74, 6) is -0.610. The van der Waals surface area contributed by atoms with Crippen molar-refractivity contribution in [1.29, 1.82) is 0 Å². The molecule has 1 atom stereocenters. The first-order valence-electron chi connectivity index (χ1n) is 7.49. The third kappa shape index (κ3) is 3.94. The Morgan fingerprint density at radius 2 is 1.91 bits per heavy atom. The van der Waals surface area contributed by atoms with E-state index in [0.717, 1.165) is 11.3 Å². The second kappa shape index (κ2) is 7.05. The third-order valence-corrected chi connectivity index (χ3v) is 3.68. The maximum Gasteiger partial charge on any atom is 0.264 e. The van der Waals surface area contributed by atoms with Gasteiger partial charge < -0.3 is 10.2 Å². The van der Waals surface area contributed by atoms with Gasteiger partial charge in [-0.3, -0.25) is 4.79 Å². The van der Waals surface area contributed by atoms with Crippen LogP contribution in [0.3, 0.4) is 0 Å². The van der Waals surface area contributed by atoms with Crippen LogP contribution in [-0.2, 0) is 22.6 Å². The van der Waals surface area contributed by atoms with Gasteiger partial charge in [-0.05, 0) is 11.6 Å². The molecule has 2 aromatic rings. The number of oxime groups is 1. The smallest absolute Gasteiger partial charge is 0.264 e. The van der Waals surface area contributed by atoms with Crippen LogP contribution >= 0.6 is 0 Å². The third-order valence-electron chi connectivity index (χ3n) is 3.68. The number of halogens is 1. The molecule has 1 amide bonds. The van der Waals surface area contributed by atoms with E-state index in [1.54, 1.807) is 18.2 Å². The molecular weight excluding hydrogens is 295 g/mol. The Bertz CT molecular complexity index is 716. The predicted octanol–water partition coefficient (Wildman–Crippen LogP) is 2.83. The van der Waals surface area contributed by atoms with E-state index in [4.69, 9.17) is 4.84 Å². The summed E-state index contributed by atoms with van der Waals surface area (Å²) in [5.41, 5.74) is 2.41. The highest BCUT2D eigenvalue weighted by atomic mass is 19.1. The zero-order valence-electron chi connectivity index (χ0n) is 12.5. The molecule has 3 rings (SSSR count). The first kappa shape index (κ1) is 15.2. The van der Waals surface area contributed by atoms with Gasteiger partial charge in [-0.1, -0.05) is 53.7 Å². The van der Waals surface area contributed by atoms with Crippen LogP contribution in [-0.4, -0.2) is 17.7 Å². The van der Waals surface area contributed by atoms with Crippen LogP contribution in [0, 0.1) is 5.82 Å². The van der Waals surface area contributed by atoms with Gasteiger partial charge in [0.15, 0.2) is 0 Å². The Morgan fingerprint density at radius 3 is 2.70 bits per heavy atom. The monoisotopic (exact) mass is 312 g/mol. The maximum absolute atomic E-state index is 13.5. The number of benzene rings is 2. The summed E-state index contributed by atoms with van der Waals surface area (Å²) in [7, 11) is 0. The number of hydrogen-bond acceptors (Lipinski definition) is 3. The molecule has 1 heterocycles. The summed E-state index contributed by atoms with van der Waals surface area (Å²) in [4.78, 5) is 17.3. The summed E-state index contributed by atoms with van der Waals surface area (Å²) >= 11 is 0. The normalized spacial score (nSPS) is 16.6. The molecule has 1 N–H and O–H groups in total. The van der Waals surface area contributed by atoms with Gasteiger partial charge in [0.1, 0.15) is 5.82 Å². The molecule has 23 heavy (non-hydrogen) atoms. The highest BCUT2D eigenvalue weighted by Gasteiger charge is 2.27. The Balaban J connectivity index is 1.50. The molecule has 0 saturated heterocycles. The van der Waals surface area contributed by atoms with Crippen LogP contribution in [0.1, 0.15) is 17.5 Å². The Labute approximate surface area is 134 Å². The second-order valence-corrected chi connectivity index (χ2v) is 5.43. The Kier molecular flexibility index (Phi) is 4.66. The van der Waals surface area contributed by atoms with Crippen molar-refractivity contribution in [1.82, 2.24) is 5.32 Å². The minimum Gasteiger partial charge on any atom is -0.382 e. The van der Waals surface area contributed by atoms with Crippen LogP contribution in [0.5, 0.6) is 0 Å². The number of amides is 1. The van der Waals surface area contributed by atoms with Gasteiger partial charge in [-0.15, -0.1) is 0 Å². The molecular formula is C18H17FN2O2. The maximum atomic E-state index is 13.5. The second-order valence-electron chi connectivity index (χ2n) is 5.43. The molecule has 1 aliphatic rings. The molecule has 2 aromatic carbocycles. The molecule has 0 spiro atoms. The lowest BCUT2D eigenvalue weighted by molar-refractivity contribution is -0.131. The molecule has 1 aliphatic heterocycles.